The minimum atomic E-state index is -0.677. The number of carbonyl (C=O) groups excluding carboxylic acids is 3. The van der Waals surface area contributed by atoms with Crippen molar-refractivity contribution in [2.45, 2.75) is 6.54 Å². The first-order valence-electron chi connectivity index (χ1n) is 9.36. The van der Waals surface area contributed by atoms with Crippen molar-refractivity contribution >= 4 is 51.1 Å². The predicted octanol–water partition coefficient (Wildman–Crippen LogP) is 4.09. The standard InChI is InChI=1S/C23H19BrN2O5S/c1-31-23(30)20(10-15-7-8-32-13-15)26-22(29)18-6-5-16(11-19(18)24)21(28)25-12-14-3-2-4-17(27)9-14/h2-11,13,27H,12H2,1H3,(H,25,28)(H,26,29). The highest BCUT2D eigenvalue weighted by Crippen LogP contribution is 2.20. The van der Waals surface area contributed by atoms with Crippen molar-refractivity contribution in [2.24, 2.45) is 0 Å². The third-order valence-electron chi connectivity index (χ3n) is 4.35. The van der Waals surface area contributed by atoms with Crippen molar-refractivity contribution in [3.63, 3.8) is 0 Å². The molecule has 0 spiro atoms. The van der Waals surface area contributed by atoms with Gasteiger partial charge in [0.15, 0.2) is 0 Å². The second-order valence-electron chi connectivity index (χ2n) is 6.61. The van der Waals surface area contributed by atoms with E-state index in [1.807, 2.05) is 10.8 Å². The normalized spacial score (nSPS) is 11.0. The fraction of sp³-hybridized carbons (Fsp3) is 0.0870. The van der Waals surface area contributed by atoms with Crippen LogP contribution in [0.25, 0.3) is 6.08 Å². The zero-order valence-corrected chi connectivity index (χ0v) is 19.3. The Kier molecular flexibility index (Phi) is 7.80. The highest BCUT2D eigenvalue weighted by Gasteiger charge is 2.18. The summed E-state index contributed by atoms with van der Waals surface area (Å²) in [6, 6.07) is 12.9. The Morgan fingerprint density at radius 3 is 2.59 bits per heavy atom. The molecule has 0 aliphatic carbocycles. The van der Waals surface area contributed by atoms with Gasteiger partial charge < -0.3 is 20.5 Å². The molecule has 0 saturated carbocycles. The molecule has 0 saturated heterocycles. The fourth-order valence-corrected chi connectivity index (χ4v) is 3.94. The van der Waals surface area contributed by atoms with Gasteiger partial charge in [-0.25, -0.2) is 4.79 Å². The third kappa shape index (κ3) is 6.05. The molecule has 0 bridgehead atoms. The summed E-state index contributed by atoms with van der Waals surface area (Å²) in [6.07, 6.45) is 1.53. The van der Waals surface area contributed by atoms with E-state index in [9.17, 15) is 19.5 Å². The van der Waals surface area contributed by atoms with Crippen LogP contribution < -0.4 is 10.6 Å². The van der Waals surface area contributed by atoms with E-state index in [0.29, 0.717) is 10.0 Å². The largest absolute Gasteiger partial charge is 0.508 e. The van der Waals surface area contributed by atoms with Crippen LogP contribution in [0.1, 0.15) is 31.8 Å². The Balaban J connectivity index is 1.71. The average Bonchev–Trinajstić information content (AvgIpc) is 3.29. The number of amides is 2. The number of thiophene rings is 1. The first kappa shape index (κ1) is 23.2. The van der Waals surface area contributed by atoms with E-state index in [1.54, 1.807) is 30.3 Å². The molecule has 0 unspecified atom stereocenters. The zero-order valence-electron chi connectivity index (χ0n) is 16.9. The average molecular weight is 515 g/mol. The van der Waals surface area contributed by atoms with E-state index in [4.69, 9.17) is 4.74 Å². The summed E-state index contributed by atoms with van der Waals surface area (Å²) in [4.78, 5) is 37.3. The number of nitrogens with one attached hydrogen (secondary N) is 2. The number of hydrogen-bond donors (Lipinski definition) is 3. The van der Waals surface area contributed by atoms with Crippen molar-refractivity contribution in [2.75, 3.05) is 7.11 Å². The van der Waals surface area contributed by atoms with Gasteiger partial charge >= 0.3 is 5.97 Å². The SMILES string of the molecule is COC(=O)C(=Cc1ccsc1)NC(=O)c1ccc(C(=O)NCc2cccc(O)c2)cc1Br. The van der Waals surface area contributed by atoms with Crippen LogP contribution in [-0.4, -0.2) is 30.0 Å². The fourth-order valence-electron chi connectivity index (χ4n) is 2.76. The highest BCUT2D eigenvalue weighted by molar-refractivity contribution is 9.10. The van der Waals surface area contributed by atoms with E-state index in [-0.39, 0.29) is 29.5 Å². The number of benzene rings is 2. The number of hydrogen-bond acceptors (Lipinski definition) is 6. The number of carbonyl (C=O) groups is 3. The summed E-state index contributed by atoms with van der Waals surface area (Å²) in [5.41, 5.74) is 2.09. The third-order valence-corrected chi connectivity index (χ3v) is 5.70. The first-order chi connectivity index (χ1) is 15.4. The maximum atomic E-state index is 12.7. The number of phenolic OH excluding ortho intramolecular Hbond substituents is 1. The molecule has 0 radical (unpaired) electrons. The number of methoxy groups -OCH3 is 1. The lowest BCUT2D eigenvalue weighted by molar-refractivity contribution is -0.136. The van der Waals surface area contributed by atoms with Crippen LogP contribution >= 0.6 is 27.3 Å². The van der Waals surface area contributed by atoms with Gasteiger partial charge in [0, 0.05) is 16.6 Å². The highest BCUT2D eigenvalue weighted by atomic mass is 79.9. The maximum Gasteiger partial charge on any atom is 0.354 e. The van der Waals surface area contributed by atoms with Crippen LogP contribution in [0.4, 0.5) is 0 Å². The number of aromatic hydroxyl groups is 1. The number of ether oxygens (including phenoxy) is 1. The molecule has 3 rings (SSSR count). The van der Waals surface area contributed by atoms with Gasteiger partial charge in [-0.15, -0.1) is 0 Å². The molecule has 1 aromatic heterocycles. The van der Waals surface area contributed by atoms with E-state index in [0.717, 1.165) is 11.1 Å². The van der Waals surface area contributed by atoms with Crippen LogP contribution in [0.3, 0.4) is 0 Å². The minimum Gasteiger partial charge on any atom is -0.508 e. The summed E-state index contributed by atoms with van der Waals surface area (Å²) in [5.74, 6) is -1.43. The van der Waals surface area contributed by atoms with Gasteiger partial charge in [0.05, 0.1) is 12.7 Å². The number of rotatable bonds is 7. The topological polar surface area (TPSA) is 105 Å². The Labute approximate surface area is 196 Å². The lowest BCUT2D eigenvalue weighted by Gasteiger charge is -2.11. The molecular formula is C23H19BrN2O5S. The van der Waals surface area contributed by atoms with Crippen LogP contribution in [0.2, 0.25) is 0 Å². The van der Waals surface area contributed by atoms with E-state index in [1.165, 1.54) is 42.7 Å². The monoisotopic (exact) mass is 514 g/mol. The van der Waals surface area contributed by atoms with Crippen molar-refractivity contribution in [1.29, 1.82) is 0 Å². The van der Waals surface area contributed by atoms with E-state index >= 15 is 0 Å². The Morgan fingerprint density at radius 2 is 1.94 bits per heavy atom. The van der Waals surface area contributed by atoms with Crippen LogP contribution in [0, 0.1) is 0 Å². The Bertz CT molecular complexity index is 1170. The summed E-state index contributed by atoms with van der Waals surface area (Å²) >= 11 is 4.78. The summed E-state index contributed by atoms with van der Waals surface area (Å²) in [5, 5.41) is 18.5. The Hall–Kier alpha value is -3.43. The molecule has 164 valence electrons. The summed E-state index contributed by atoms with van der Waals surface area (Å²) in [7, 11) is 1.23. The second-order valence-corrected chi connectivity index (χ2v) is 8.24. The lowest BCUT2D eigenvalue weighted by Crippen LogP contribution is -2.28. The molecule has 32 heavy (non-hydrogen) atoms. The van der Waals surface area contributed by atoms with Crippen molar-refractivity contribution in [3.05, 3.63) is 91.7 Å². The molecule has 0 aliphatic heterocycles. The molecule has 0 aliphatic rings. The molecule has 0 fully saturated rings. The van der Waals surface area contributed by atoms with Crippen LogP contribution in [-0.2, 0) is 16.1 Å². The summed E-state index contributed by atoms with van der Waals surface area (Å²) < 4.78 is 5.14. The van der Waals surface area contributed by atoms with Gasteiger partial charge in [0.2, 0.25) is 0 Å². The molecule has 0 atom stereocenters. The lowest BCUT2D eigenvalue weighted by atomic mass is 10.1. The molecule has 3 N–H and O–H groups in total. The quantitative estimate of drug-likeness (QED) is 0.325. The van der Waals surface area contributed by atoms with Crippen LogP contribution in [0.15, 0.2) is 69.5 Å². The van der Waals surface area contributed by atoms with Crippen molar-refractivity contribution in [1.82, 2.24) is 10.6 Å². The van der Waals surface area contributed by atoms with E-state index < -0.39 is 11.9 Å². The molecule has 3 aromatic rings. The number of phenols is 1. The number of esters is 1. The molecule has 1 heterocycles. The Morgan fingerprint density at radius 1 is 1.12 bits per heavy atom. The van der Waals surface area contributed by atoms with Gasteiger partial charge in [-0.05, 0) is 80.3 Å². The van der Waals surface area contributed by atoms with Gasteiger partial charge in [-0.2, -0.15) is 11.3 Å². The van der Waals surface area contributed by atoms with Gasteiger partial charge in [-0.3, -0.25) is 9.59 Å². The van der Waals surface area contributed by atoms with Gasteiger partial charge in [0.1, 0.15) is 11.4 Å². The predicted molar refractivity (Wildman–Crippen MR) is 125 cm³/mol. The molecule has 7 nitrogen and oxygen atoms in total. The first-order valence-corrected chi connectivity index (χ1v) is 11.1. The van der Waals surface area contributed by atoms with Crippen LogP contribution in [0.5, 0.6) is 5.75 Å². The smallest absolute Gasteiger partial charge is 0.354 e. The second kappa shape index (κ2) is 10.7. The number of halogens is 1. The van der Waals surface area contributed by atoms with Gasteiger partial charge in [-0.1, -0.05) is 12.1 Å². The van der Waals surface area contributed by atoms with Gasteiger partial charge in [0.25, 0.3) is 11.8 Å². The molecule has 2 amide bonds. The van der Waals surface area contributed by atoms with Crippen molar-refractivity contribution < 1.29 is 24.2 Å². The molecular weight excluding hydrogens is 496 g/mol. The maximum absolute atomic E-state index is 12.7. The summed E-state index contributed by atoms with van der Waals surface area (Å²) in [6.45, 7) is 0.239. The zero-order chi connectivity index (χ0) is 23.1. The van der Waals surface area contributed by atoms with Crippen molar-refractivity contribution in [3.8, 4) is 5.75 Å². The molecule has 2 aromatic carbocycles. The molecule has 9 heteroatoms. The minimum absolute atomic E-state index is 0.00395. The van der Waals surface area contributed by atoms with E-state index in [2.05, 4.69) is 26.6 Å².